The standard InChI is InChI=1S/C17H24N2O3/c1-12-9-13-10-17(21-14(13)11-18-12)5-7-19(8-6-17)15(20)22-16(2,3)4/h9,11H,5-8,10H2,1-4H3. The fourth-order valence-electron chi connectivity index (χ4n) is 3.15. The summed E-state index contributed by atoms with van der Waals surface area (Å²) in [5, 5.41) is 0. The first-order valence-electron chi connectivity index (χ1n) is 7.89. The van der Waals surface area contributed by atoms with Crippen molar-refractivity contribution in [1.29, 1.82) is 0 Å². The Bertz CT molecular complexity index is 584. The Morgan fingerprint density at radius 3 is 2.68 bits per heavy atom. The third-order valence-corrected chi connectivity index (χ3v) is 4.25. The molecular weight excluding hydrogens is 280 g/mol. The molecular formula is C17H24N2O3. The van der Waals surface area contributed by atoms with E-state index in [2.05, 4.69) is 11.1 Å². The van der Waals surface area contributed by atoms with Crippen LogP contribution in [-0.4, -0.2) is 40.3 Å². The van der Waals surface area contributed by atoms with Gasteiger partial charge in [-0.3, -0.25) is 4.98 Å². The summed E-state index contributed by atoms with van der Waals surface area (Å²) >= 11 is 0. The summed E-state index contributed by atoms with van der Waals surface area (Å²) in [5.41, 5.74) is 1.63. The Hall–Kier alpha value is -1.78. The van der Waals surface area contributed by atoms with Gasteiger partial charge in [0.15, 0.2) is 0 Å². The van der Waals surface area contributed by atoms with Gasteiger partial charge in [0, 0.05) is 43.6 Å². The van der Waals surface area contributed by atoms with E-state index < -0.39 is 5.60 Å². The van der Waals surface area contributed by atoms with E-state index in [9.17, 15) is 4.79 Å². The summed E-state index contributed by atoms with van der Waals surface area (Å²) in [7, 11) is 0. The highest BCUT2D eigenvalue weighted by Gasteiger charge is 2.43. The van der Waals surface area contributed by atoms with E-state index in [1.54, 1.807) is 4.90 Å². The molecule has 3 rings (SSSR count). The number of carbonyl (C=O) groups excluding carboxylic acids is 1. The predicted molar refractivity (Wildman–Crippen MR) is 83.1 cm³/mol. The maximum absolute atomic E-state index is 12.1. The molecule has 0 radical (unpaired) electrons. The van der Waals surface area contributed by atoms with Crippen molar-refractivity contribution in [1.82, 2.24) is 9.88 Å². The van der Waals surface area contributed by atoms with Crippen molar-refractivity contribution in [3.63, 3.8) is 0 Å². The monoisotopic (exact) mass is 304 g/mol. The lowest BCUT2D eigenvalue weighted by Gasteiger charge is -2.38. The SMILES string of the molecule is Cc1cc2c(cn1)OC1(CCN(C(=O)OC(C)(C)C)CC1)C2. The van der Waals surface area contributed by atoms with E-state index in [4.69, 9.17) is 9.47 Å². The molecule has 2 aliphatic heterocycles. The molecule has 3 heterocycles. The van der Waals surface area contributed by atoms with Gasteiger partial charge in [-0.25, -0.2) is 4.79 Å². The van der Waals surface area contributed by atoms with E-state index in [0.29, 0.717) is 13.1 Å². The Morgan fingerprint density at radius 1 is 1.36 bits per heavy atom. The molecule has 1 amide bonds. The van der Waals surface area contributed by atoms with Gasteiger partial charge in [0.1, 0.15) is 17.0 Å². The van der Waals surface area contributed by atoms with Crippen LogP contribution < -0.4 is 4.74 Å². The van der Waals surface area contributed by atoms with Crippen molar-refractivity contribution in [2.75, 3.05) is 13.1 Å². The molecule has 0 unspecified atom stereocenters. The van der Waals surface area contributed by atoms with Crippen LogP contribution in [0.4, 0.5) is 4.79 Å². The van der Waals surface area contributed by atoms with Crippen LogP contribution in [0.5, 0.6) is 5.75 Å². The van der Waals surface area contributed by atoms with Crippen LogP contribution in [0.3, 0.4) is 0 Å². The van der Waals surface area contributed by atoms with Crippen LogP contribution in [0.2, 0.25) is 0 Å². The van der Waals surface area contributed by atoms with Gasteiger partial charge in [-0.2, -0.15) is 0 Å². The molecule has 0 aromatic carbocycles. The number of aromatic nitrogens is 1. The number of ether oxygens (including phenoxy) is 2. The lowest BCUT2D eigenvalue weighted by Crippen LogP contribution is -2.50. The maximum atomic E-state index is 12.1. The number of rotatable bonds is 0. The summed E-state index contributed by atoms with van der Waals surface area (Å²) < 4.78 is 11.6. The Labute approximate surface area is 131 Å². The fraction of sp³-hybridized carbons (Fsp3) is 0.647. The van der Waals surface area contributed by atoms with Gasteiger partial charge >= 0.3 is 6.09 Å². The molecule has 0 atom stereocenters. The molecule has 0 N–H and O–H groups in total. The van der Waals surface area contributed by atoms with Gasteiger partial charge in [-0.1, -0.05) is 0 Å². The van der Waals surface area contributed by atoms with Crippen molar-refractivity contribution in [2.45, 2.75) is 58.2 Å². The minimum Gasteiger partial charge on any atom is -0.485 e. The highest BCUT2D eigenvalue weighted by molar-refractivity contribution is 5.68. The van der Waals surface area contributed by atoms with Crippen LogP contribution in [-0.2, 0) is 11.2 Å². The van der Waals surface area contributed by atoms with E-state index in [1.165, 1.54) is 5.56 Å². The molecule has 0 bridgehead atoms. The molecule has 22 heavy (non-hydrogen) atoms. The van der Waals surface area contributed by atoms with Gasteiger partial charge in [-0.15, -0.1) is 0 Å². The number of carbonyl (C=O) groups is 1. The second-order valence-electron chi connectivity index (χ2n) is 7.36. The van der Waals surface area contributed by atoms with E-state index in [0.717, 1.165) is 30.7 Å². The third kappa shape index (κ3) is 3.03. The summed E-state index contributed by atoms with van der Waals surface area (Å²) in [6.45, 7) is 9.02. The maximum Gasteiger partial charge on any atom is 0.410 e. The normalized spacial score (nSPS) is 19.7. The predicted octanol–water partition coefficient (Wildman–Crippen LogP) is 3.09. The molecule has 0 aliphatic carbocycles. The highest BCUT2D eigenvalue weighted by atomic mass is 16.6. The molecule has 0 saturated carbocycles. The first kappa shape index (κ1) is 15.1. The van der Waals surface area contributed by atoms with Gasteiger partial charge in [0.05, 0.1) is 6.20 Å². The van der Waals surface area contributed by atoms with Crippen LogP contribution in [0, 0.1) is 6.92 Å². The van der Waals surface area contributed by atoms with Crippen LogP contribution in [0.15, 0.2) is 12.3 Å². The zero-order chi connectivity index (χ0) is 16.0. The van der Waals surface area contributed by atoms with Gasteiger partial charge in [0.25, 0.3) is 0 Å². The molecule has 1 aromatic rings. The van der Waals surface area contributed by atoms with Crippen molar-refractivity contribution in [2.24, 2.45) is 0 Å². The largest absolute Gasteiger partial charge is 0.485 e. The molecule has 5 nitrogen and oxygen atoms in total. The molecule has 1 saturated heterocycles. The van der Waals surface area contributed by atoms with Gasteiger partial charge in [-0.05, 0) is 33.8 Å². The Kier molecular flexibility index (Phi) is 3.54. The molecule has 1 spiro atoms. The summed E-state index contributed by atoms with van der Waals surface area (Å²) in [4.78, 5) is 18.2. The summed E-state index contributed by atoms with van der Waals surface area (Å²) in [5.74, 6) is 0.899. The second-order valence-corrected chi connectivity index (χ2v) is 7.36. The van der Waals surface area contributed by atoms with Gasteiger partial charge in [0.2, 0.25) is 0 Å². The topological polar surface area (TPSA) is 51.7 Å². The van der Waals surface area contributed by atoms with Crippen molar-refractivity contribution in [3.05, 3.63) is 23.5 Å². The molecule has 2 aliphatic rings. The fourth-order valence-corrected chi connectivity index (χ4v) is 3.15. The average molecular weight is 304 g/mol. The molecule has 120 valence electrons. The smallest absolute Gasteiger partial charge is 0.410 e. The van der Waals surface area contributed by atoms with E-state index >= 15 is 0 Å². The summed E-state index contributed by atoms with van der Waals surface area (Å²) in [6.07, 6.45) is 4.17. The second kappa shape index (κ2) is 5.14. The molecule has 1 aromatic heterocycles. The zero-order valence-electron chi connectivity index (χ0n) is 13.8. The number of nitrogens with zero attached hydrogens (tertiary/aromatic N) is 2. The Morgan fingerprint density at radius 2 is 2.05 bits per heavy atom. The van der Waals surface area contributed by atoms with Crippen molar-refractivity contribution < 1.29 is 14.3 Å². The molecule has 5 heteroatoms. The van der Waals surface area contributed by atoms with Gasteiger partial charge < -0.3 is 14.4 Å². The first-order valence-corrected chi connectivity index (χ1v) is 7.89. The Balaban J connectivity index is 1.62. The quantitative estimate of drug-likeness (QED) is 0.739. The van der Waals surface area contributed by atoms with E-state index in [1.807, 2.05) is 33.9 Å². The first-order chi connectivity index (χ1) is 10.3. The van der Waals surface area contributed by atoms with E-state index in [-0.39, 0.29) is 11.7 Å². The lowest BCUT2D eigenvalue weighted by molar-refractivity contribution is -0.00894. The van der Waals surface area contributed by atoms with Crippen LogP contribution >= 0.6 is 0 Å². The number of hydrogen-bond acceptors (Lipinski definition) is 4. The van der Waals surface area contributed by atoms with Crippen LogP contribution in [0.25, 0.3) is 0 Å². The third-order valence-electron chi connectivity index (χ3n) is 4.25. The number of hydrogen-bond donors (Lipinski definition) is 0. The number of pyridine rings is 1. The summed E-state index contributed by atoms with van der Waals surface area (Å²) in [6, 6.07) is 2.10. The van der Waals surface area contributed by atoms with Crippen molar-refractivity contribution in [3.8, 4) is 5.75 Å². The van der Waals surface area contributed by atoms with Crippen molar-refractivity contribution >= 4 is 6.09 Å². The minimum absolute atomic E-state index is 0.170. The molecule has 1 fully saturated rings. The number of fused-ring (bicyclic) bond motifs is 1. The zero-order valence-corrected chi connectivity index (χ0v) is 13.8. The highest BCUT2D eigenvalue weighted by Crippen LogP contribution is 2.40. The number of aryl methyl sites for hydroxylation is 1. The van der Waals surface area contributed by atoms with Crippen LogP contribution in [0.1, 0.15) is 44.9 Å². The average Bonchev–Trinajstić information content (AvgIpc) is 2.74. The number of amides is 1. The minimum atomic E-state index is -0.449. The lowest BCUT2D eigenvalue weighted by atomic mass is 9.87. The number of piperidine rings is 1. The number of likely N-dealkylation sites (tertiary alicyclic amines) is 1.